The second-order valence-electron chi connectivity index (χ2n) is 4.40. The van der Waals surface area contributed by atoms with Crippen molar-refractivity contribution in [2.75, 3.05) is 5.43 Å². The molecule has 0 saturated heterocycles. The molecule has 0 fully saturated rings. The van der Waals surface area contributed by atoms with Gasteiger partial charge in [-0.05, 0) is 37.3 Å². The van der Waals surface area contributed by atoms with Crippen molar-refractivity contribution in [2.24, 2.45) is 5.22 Å². The van der Waals surface area contributed by atoms with Crippen LogP contribution < -0.4 is 5.43 Å². The van der Waals surface area contributed by atoms with Crippen LogP contribution >= 0.6 is 0 Å². The van der Waals surface area contributed by atoms with Gasteiger partial charge in [-0.25, -0.2) is 0 Å². The lowest BCUT2D eigenvalue weighted by atomic mass is 10.2. The normalized spacial score (nSPS) is 12.3. The van der Waals surface area contributed by atoms with Crippen molar-refractivity contribution in [1.82, 2.24) is 0 Å². The van der Waals surface area contributed by atoms with Crippen LogP contribution in [0, 0.1) is 12.1 Å². The second kappa shape index (κ2) is 5.82. The van der Waals surface area contributed by atoms with E-state index in [1.54, 1.807) is 24.3 Å². The minimum absolute atomic E-state index is 0.0813. The molecular formula is C14H12F3N3O. The molecule has 0 radical (unpaired) electrons. The van der Waals surface area contributed by atoms with Crippen molar-refractivity contribution in [1.29, 1.82) is 0 Å². The van der Waals surface area contributed by atoms with E-state index < -0.39 is 11.7 Å². The number of anilines is 1. The molecular weight excluding hydrogens is 283 g/mol. The van der Waals surface area contributed by atoms with Crippen molar-refractivity contribution in [3.63, 3.8) is 0 Å². The fourth-order valence-corrected chi connectivity index (χ4v) is 1.60. The van der Waals surface area contributed by atoms with E-state index in [2.05, 4.69) is 10.6 Å². The monoisotopic (exact) mass is 295 g/mol. The van der Waals surface area contributed by atoms with Crippen molar-refractivity contribution < 1.29 is 18.0 Å². The molecule has 0 aliphatic rings. The molecule has 0 heterocycles. The lowest BCUT2D eigenvalue weighted by Crippen LogP contribution is -2.05. The highest BCUT2D eigenvalue weighted by atomic mass is 19.4. The fourth-order valence-electron chi connectivity index (χ4n) is 1.60. The Morgan fingerprint density at radius 3 is 2.38 bits per heavy atom. The number of rotatable bonds is 3. The zero-order valence-corrected chi connectivity index (χ0v) is 11.1. The Hall–Kier alpha value is -2.57. The molecule has 0 bridgehead atoms. The van der Waals surface area contributed by atoms with E-state index >= 15 is 0 Å². The first kappa shape index (κ1) is 14.8. The standard InChI is InChI=1S/C14H12F3N3O/c1-10-5-7-13(8-6-10)20(21)19-18-12-4-2-3-11(9-12)14(15,16)17/h2-9,18H,1H3/b20-19-. The predicted molar refractivity (Wildman–Crippen MR) is 72.0 cm³/mol. The van der Waals surface area contributed by atoms with E-state index in [4.69, 9.17) is 0 Å². The molecule has 0 aliphatic carbocycles. The maximum absolute atomic E-state index is 12.5. The van der Waals surface area contributed by atoms with Gasteiger partial charge in [-0.2, -0.15) is 13.2 Å². The Morgan fingerprint density at radius 1 is 1.10 bits per heavy atom. The van der Waals surface area contributed by atoms with Crippen LogP contribution in [0.3, 0.4) is 0 Å². The molecule has 0 unspecified atom stereocenters. The Balaban J connectivity index is 2.15. The van der Waals surface area contributed by atoms with Crippen molar-refractivity contribution in [2.45, 2.75) is 13.1 Å². The molecule has 2 rings (SSSR count). The summed E-state index contributed by atoms with van der Waals surface area (Å²) in [4.78, 5) is 0.305. The van der Waals surface area contributed by atoms with Gasteiger partial charge in [0.2, 0.25) is 0 Å². The molecule has 2 aromatic carbocycles. The summed E-state index contributed by atoms with van der Waals surface area (Å²) in [5, 5.41) is 15.2. The molecule has 1 N–H and O–H groups in total. The van der Waals surface area contributed by atoms with Gasteiger partial charge in [0.15, 0.2) is 5.69 Å². The Labute approximate surface area is 119 Å². The predicted octanol–water partition coefficient (Wildman–Crippen LogP) is 4.63. The van der Waals surface area contributed by atoms with E-state index in [0.717, 1.165) is 17.7 Å². The minimum Gasteiger partial charge on any atom is -0.691 e. The van der Waals surface area contributed by atoms with Crippen LogP contribution in [0.2, 0.25) is 0 Å². The number of aryl methyl sites for hydroxylation is 1. The average Bonchev–Trinajstić information content (AvgIpc) is 2.45. The number of alkyl halides is 3. The molecule has 0 aromatic heterocycles. The SMILES string of the molecule is Cc1ccc(/[N+]([O-])=N/Nc2cccc(C(F)(F)F)c2)cc1. The van der Waals surface area contributed by atoms with E-state index in [0.29, 0.717) is 4.86 Å². The quantitative estimate of drug-likeness (QED) is 0.509. The topological polar surface area (TPSA) is 50.5 Å². The lowest BCUT2D eigenvalue weighted by Gasteiger charge is -2.07. The van der Waals surface area contributed by atoms with Gasteiger partial charge >= 0.3 is 6.18 Å². The number of hydrogen-bond donors (Lipinski definition) is 1. The number of nitrogens with one attached hydrogen (secondary N) is 1. The highest BCUT2D eigenvalue weighted by Crippen LogP contribution is 2.30. The van der Waals surface area contributed by atoms with Crippen LogP contribution in [0.4, 0.5) is 24.5 Å². The highest BCUT2D eigenvalue weighted by molar-refractivity contribution is 5.45. The average molecular weight is 295 g/mol. The van der Waals surface area contributed by atoms with E-state index in [1.807, 2.05) is 6.92 Å². The van der Waals surface area contributed by atoms with Crippen LogP contribution in [-0.2, 0) is 6.18 Å². The number of hydrogen-bond acceptors (Lipinski definition) is 2. The first-order valence-corrected chi connectivity index (χ1v) is 6.04. The number of nitrogens with zero attached hydrogens (tertiary/aromatic N) is 2. The van der Waals surface area contributed by atoms with Crippen molar-refractivity contribution >= 4 is 11.4 Å². The number of benzene rings is 2. The summed E-state index contributed by atoms with van der Waals surface area (Å²) in [7, 11) is 0. The zero-order chi connectivity index (χ0) is 15.5. The van der Waals surface area contributed by atoms with Gasteiger partial charge in [-0.3, -0.25) is 0 Å². The van der Waals surface area contributed by atoms with Crippen LogP contribution in [0.1, 0.15) is 11.1 Å². The van der Waals surface area contributed by atoms with Gasteiger partial charge in [-0.1, -0.05) is 23.8 Å². The summed E-state index contributed by atoms with van der Waals surface area (Å²) in [6, 6.07) is 11.1. The largest absolute Gasteiger partial charge is 0.691 e. The Kier molecular flexibility index (Phi) is 4.11. The Bertz CT molecular complexity index is 651. The molecule has 4 nitrogen and oxygen atoms in total. The van der Waals surface area contributed by atoms with E-state index in [-0.39, 0.29) is 11.4 Å². The summed E-state index contributed by atoms with van der Waals surface area (Å²) in [6.45, 7) is 1.87. The van der Waals surface area contributed by atoms with Crippen molar-refractivity contribution in [3.05, 3.63) is 64.9 Å². The third-order valence-corrected chi connectivity index (χ3v) is 2.71. The van der Waals surface area contributed by atoms with Gasteiger partial charge in [0.05, 0.1) is 10.8 Å². The van der Waals surface area contributed by atoms with Gasteiger partial charge in [-0.15, -0.1) is 10.3 Å². The van der Waals surface area contributed by atoms with Crippen molar-refractivity contribution in [3.8, 4) is 0 Å². The smallest absolute Gasteiger partial charge is 0.416 e. The maximum atomic E-state index is 12.5. The second-order valence-corrected chi connectivity index (χ2v) is 4.40. The van der Waals surface area contributed by atoms with Crippen LogP contribution in [-0.4, -0.2) is 4.86 Å². The van der Waals surface area contributed by atoms with Crippen LogP contribution in [0.15, 0.2) is 53.8 Å². The summed E-state index contributed by atoms with van der Waals surface area (Å²) >= 11 is 0. The summed E-state index contributed by atoms with van der Waals surface area (Å²) in [6.07, 6.45) is -4.44. The molecule has 2 aromatic rings. The van der Waals surface area contributed by atoms with Crippen LogP contribution in [0.5, 0.6) is 0 Å². The number of halogens is 3. The van der Waals surface area contributed by atoms with Gasteiger partial charge in [0, 0.05) is 0 Å². The molecule has 0 amide bonds. The zero-order valence-electron chi connectivity index (χ0n) is 11.1. The third-order valence-electron chi connectivity index (χ3n) is 2.71. The highest BCUT2D eigenvalue weighted by Gasteiger charge is 2.30. The van der Waals surface area contributed by atoms with Crippen LogP contribution in [0.25, 0.3) is 0 Å². The fraction of sp³-hybridized carbons (Fsp3) is 0.143. The summed E-state index contributed by atoms with van der Waals surface area (Å²) in [5.41, 5.74) is 2.84. The molecule has 0 aliphatic heterocycles. The first-order valence-electron chi connectivity index (χ1n) is 6.04. The molecule has 0 atom stereocenters. The Morgan fingerprint density at radius 2 is 1.76 bits per heavy atom. The molecule has 21 heavy (non-hydrogen) atoms. The van der Waals surface area contributed by atoms with Gasteiger partial charge in [0.25, 0.3) is 0 Å². The van der Waals surface area contributed by atoms with E-state index in [1.165, 1.54) is 12.1 Å². The molecule has 110 valence electrons. The summed E-state index contributed by atoms with van der Waals surface area (Å²) in [5.74, 6) is 0. The summed E-state index contributed by atoms with van der Waals surface area (Å²) < 4.78 is 37.6. The third kappa shape index (κ3) is 3.95. The molecule has 7 heteroatoms. The lowest BCUT2D eigenvalue weighted by molar-refractivity contribution is -0.439. The minimum atomic E-state index is -4.44. The van der Waals surface area contributed by atoms with E-state index in [9.17, 15) is 18.4 Å². The maximum Gasteiger partial charge on any atom is 0.416 e. The molecule has 0 spiro atoms. The van der Waals surface area contributed by atoms with Gasteiger partial charge in [0.1, 0.15) is 5.69 Å². The molecule has 0 saturated carbocycles. The first-order chi connectivity index (χ1) is 9.86. The van der Waals surface area contributed by atoms with Gasteiger partial charge < -0.3 is 5.21 Å².